The number of hydrogen-bond acceptors (Lipinski definition) is 2. The quantitative estimate of drug-likeness (QED) is 0.843. The second kappa shape index (κ2) is 6.80. The summed E-state index contributed by atoms with van der Waals surface area (Å²) in [6.45, 7) is 2.82. The minimum Gasteiger partial charge on any atom is -0.393 e. The van der Waals surface area contributed by atoms with Crippen molar-refractivity contribution in [3.8, 4) is 0 Å². The number of nitrogens with zero attached hydrogens (tertiary/aromatic N) is 1. The van der Waals surface area contributed by atoms with E-state index in [2.05, 4.69) is 15.9 Å². The van der Waals surface area contributed by atoms with E-state index in [1.807, 2.05) is 6.92 Å². The Morgan fingerprint density at radius 3 is 2.67 bits per heavy atom. The van der Waals surface area contributed by atoms with Gasteiger partial charge in [-0.25, -0.2) is 4.39 Å². The Morgan fingerprint density at radius 1 is 1.50 bits per heavy atom. The smallest absolute Gasteiger partial charge is 0.253 e. The van der Waals surface area contributed by atoms with Crippen LogP contribution in [0.3, 0.4) is 0 Å². The summed E-state index contributed by atoms with van der Waals surface area (Å²) in [6.07, 6.45) is 0.464. The maximum Gasteiger partial charge on any atom is 0.253 e. The molecule has 0 saturated heterocycles. The number of nitrogens with two attached hydrogens (primary N) is 1. The average Bonchev–Trinajstić information content (AvgIpc) is 2.27. The van der Waals surface area contributed by atoms with Crippen LogP contribution >= 0.6 is 28.1 Å². The molecule has 1 aromatic carbocycles. The zero-order valence-corrected chi connectivity index (χ0v) is 12.4. The molecule has 0 radical (unpaired) electrons. The molecule has 0 aliphatic heterocycles. The molecular formula is C12H14BrFN2OS. The Hall–Kier alpha value is -1.01. The first kappa shape index (κ1) is 15.0. The topological polar surface area (TPSA) is 46.3 Å². The summed E-state index contributed by atoms with van der Waals surface area (Å²) in [7, 11) is 0. The Labute approximate surface area is 119 Å². The van der Waals surface area contributed by atoms with Crippen molar-refractivity contribution in [1.82, 2.24) is 4.90 Å². The second-order valence-electron chi connectivity index (χ2n) is 3.76. The van der Waals surface area contributed by atoms with Crippen molar-refractivity contribution in [3.05, 3.63) is 34.1 Å². The highest BCUT2D eigenvalue weighted by molar-refractivity contribution is 9.10. The van der Waals surface area contributed by atoms with Gasteiger partial charge in [0, 0.05) is 29.5 Å². The van der Waals surface area contributed by atoms with Crippen molar-refractivity contribution >= 4 is 39.0 Å². The summed E-state index contributed by atoms with van der Waals surface area (Å²) in [5.74, 6) is -0.674. The molecule has 0 unspecified atom stereocenters. The Balaban J connectivity index is 2.85. The Kier molecular flexibility index (Phi) is 5.68. The first-order chi connectivity index (χ1) is 8.43. The number of halogens is 2. The van der Waals surface area contributed by atoms with Crippen LogP contribution in [0.1, 0.15) is 23.7 Å². The van der Waals surface area contributed by atoms with Gasteiger partial charge in [-0.1, -0.05) is 28.1 Å². The monoisotopic (exact) mass is 332 g/mol. The molecule has 18 heavy (non-hydrogen) atoms. The average molecular weight is 333 g/mol. The molecule has 1 aromatic rings. The van der Waals surface area contributed by atoms with Crippen LogP contribution in [-0.4, -0.2) is 28.9 Å². The number of benzene rings is 1. The molecule has 6 heteroatoms. The lowest BCUT2D eigenvalue weighted by atomic mass is 10.2. The van der Waals surface area contributed by atoms with Crippen molar-refractivity contribution in [2.45, 2.75) is 13.3 Å². The Morgan fingerprint density at radius 2 is 2.17 bits per heavy atom. The van der Waals surface area contributed by atoms with Crippen LogP contribution in [-0.2, 0) is 0 Å². The molecule has 2 N–H and O–H groups in total. The standard InChI is InChI=1S/C12H14BrFN2OS/c1-2-16(4-3-11(15)18)12(17)8-5-9(13)7-10(14)6-8/h5-7H,2-4H2,1H3,(H2,15,18). The van der Waals surface area contributed by atoms with Crippen LogP contribution < -0.4 is 5.73 Å². The molecule has 1 rings (SSSR count). The van der Waals surface area contributed by atoms with Crippen LogP contribution in [0, 0.1) is 5.82 Å². The van der Waals surface area contributed by atoms with Gasteiger partial charge in [-0.2, -0.15) is 0 Å². The van der Waals surface area contributed by atoms with Crippen molar-refractivity contribution in [2.24, 2.45) is 5.73 Å². The van der Waals surface area contributed by atoms with Crippen molar-refractivity contribution in [2.75, 3.05) is 13.1 Å². The zero-order chi connectivity index (χ0) is 13.7. The lowest BCUT2D eigenvalue weighted by Gasteiger charge is -2.20. The summed E-state index contributed by atoms with van der Waals surface area (Å²) >= 11 is 7.94. The second-order valence-corrected chi connectivity index (χ2v) is 5.20. The van der Waals surface area contributed by atoms with Crippen LogP contribution in [0.4, 0.5) is 4.39 Å². The van der Waals surface area contributed by atoms with E-state index in [1.165, 1.54) is 12.1 Å². The number of carbonyl (C=O) groups is 1. The minimum atomic E-state index is -0.446. The van der Waals surface area contributed by atoms with Gasteiger partial charge < -0.3 is 10.6 Å². The van der Waals surface area contributed by atoms with E-state index in [0.29, 0.717) is 34.5 Å². The van der Waals surface area contributed by atoms with Crippen LogP contribution in [0.5, 0.6) is 0 Å². The largest absolute Gasteiger partial charge is 0.393 e. The van der Waals surface area contributed by atoms with E-state index in [-0.39, 0.29) is 5.91 Å². The lowest BCUT2D eigenvalue weighted by Crippen LogP contribution is -2.33. The summed E-state index contributed by atoms with van der Waals surface area (Å²) in [5, 5.41) is 0. The first-order valence-electron chi connectivity index (χ1n) is 5.47. The normalized spacial score (nSPS) is 10.2. The van der Waals surface area contributed by atoms with Crippen LogP contribution in [0.2, 0.25) is 0 Å². The van der Waals surface area contributed by atoms with E-state index in [1.54, 1.807) is 11.0 Å². The Bertz CT molecular complexity index is 447. The lowest BCUT2D eigenvalue weighted by molar-refractivity contribution is 0.0768. The van der Waals surface area contributed by atoms with E-state index >= 15 is 0 Å². The van der Waals surface area contributed by atoms with Crippen molar-refractivity contribution in [1.29, 1.82) is 0 Å². The molecule has 0 spiro atoms. The molecule has 0 bridgehead atoms. The molecule has 0 saturated carbocycles. The van der Waals surface area contributed by atoms with E-state index < -0.39 is 5.82 Å². The number of rotatable bonds is 5. The molecule has 0 atom stereocenters. The van der Waals surface area contributed by atoms with Gasteiger partial charge in [0.2, 0.25) is 0 Å². The predicted molar refractivity (Wildman–Crippen MR) is 77.1 cm³/mol. The molecule has 0 aromatic heterocycles. The van der Waals surface area contributed by atoms with Gasteiger partial charge in [-0.15, -0.1) is 0 Å². The molecule has 0 aliphatic carbocycles. The SMILES string of the molecule is CCN(CCC(N)=S)C(=O)c1cc(F)cc(Br)c1. The molecule has 98 valence electrons. The van der Waals surface area contributed by atoms with E-state index in [0.717, 1.165) is 0 Å². The maximum absolute atomic E-state index is 13.2. The molecule has 1 amide bonds. The fraction of sp³-hybridized carbons (Fsp3) is 0.333. The molecular weight excluding hydrogens is 319 g/mol. The van der Waals surface area contributed by atoms with Gasteiger partial charge in [0.25, 0.3) is 5.91 Å². The fourth-order valence-electron chi connectivity index (χ4n) is 1.51. The minimum absolute atomic E-state index is 0.228. The van der Waals surface area contributed by atoms with Crippen LogP contribution in [0.15, 0.2) is 22.7 Å². The maximum atomic E-state index is 13.2. The molecule has 0 aliphatic rings. The zero-order valence-electron chi connectivity index (χ0n) is 9.95. The van der Waals surface area contributed by atoms with Gasteiger partial charge in [0.15, 0.2) is 0 Å². The van der Waals surface area contributed by atoms with Gasteiger partial charge in [0.05, 0.1) is 4.99 Å². The summed E-state index contributed by atoms with van der Waals surface area (Å²) in [4.78, 5) is 14.1. The fourth-order valence-corrected chi connectivity index (χ4v) is 2.06. The van der Waals surface area contributed by atoms with Gasteiger partial charge in [0.1, 0.15) is 5.82 Å². The van der Waals surface area contributed by atoms with Crippen molar-refractivity contribution in [3.63, 3.8) is 0 Å². The van der Waals surface area contributed by atoms with Crippen molar-refractivity contribution < 1.29 is 9.18 Å². The van der Waals surface area contributed by atoms with Gasteiger partial charge in [-0.3, -0.25) is 4.79 Å². The molecule has 0 heterocycles. The third-order valence-electron chi connectivity index (χ3n) is 2.41. The van der Waals surface area contributed by atoms with E-state index in [4.69, 9.17) is 18.0 Å². The summed E-state index contributed by atoms with van der Waals surface area (Å²) < 4.78 is 13.8. The third-order valence-corrected chi connectivity index (χ3v) is 3.07. The predicted octanol–water partition coefficient (Wildman–Crippen LogP) is 2.73. The van der Waals surface area contributed by atoms with E-state index in [9.17, 15) is 9.18 Å². The summed E-state index contributed by atoms with van der Waals surface area (Å²) in [5.41, 5.74) is 5.72. The number of hydrogen-bond donors (Lipinski definition) is 1. The third kappa shape index (κ3) is 4.34. The molecule has 0 fully saturated rings. The van der Waals surface area contributed by atoms with Gasteiger partial charge in [-0.05, 0) is 25.1 Å². The highest BCUT2D eigenvalue weighted by Crippen LogP contribution is 2.16. The number of carbonyl (C=O) groups excluding carboxylic acids is 1. The highest BCUT2D eigenvalue weighted by atomic mass is 79.9. The highest BCUT2D eigenvalue weighted by Gasteiger charge is 2.15. The summed E-state index contributed by atoms with van der Waals surface area (Å²) in [6, 6.07) is 4.12. The first-order valence-corrected chi connectivity index (χ1v) is 6.67. The molecule has 3 nitrogen and oxygen atoms in total. The van der Waals surface area contributed by atoms with Crippen LogP contribution in [0.25, 0.3) is 0 Å². The number of amides is 1. The number of thiocarbonyl (C=S) groups is 1. The van der Waals surface area contributed by atoms with Gasteiger partial charge >= 0.3 is 0 Å².